The van der Waals surface area contributed by atoms with E-state index in [4.69, 9.17) is 4.74 Å². The average molecular weight is 213 g/mol. The number of morpholine rings is 1. The predicted molar refractivity (Wildman–Crippen MR) is 59.7 cm³/mol. The quantitative estimate of drug-likeness (QED) is 0.687. The van der Waals surface area contributed by atoms with E-state index in [0.29, 0.717) is 18.0 Å². The van der Waals surface area contributed by atoms with Gasteiger partial charge >= 0.3 is 0 Å². The van der Waals surface area contributed by atoms with Gasteiger partial charge in [-0.15, -0.1) is 0 Å². The molecule has 1 heterocycles. The summed E-state index contributed by atoms with van der Waals surface area (Å²) in [6, 6.07) is 0.777. The van der Waals surface area contributed by atoms with Crippen molar-refractivity contribution >= 4 is 0 Å². The Kier molecular flexibility index (Phi) is 3.65. The van der Waals surface area contributed by atoms with Gasteiger partial charge in [-0.2, -0.15) is 0 Å². The number of rotatable bonds is 1. The van der Waals surface area contributed by atoms with E-state index in [1.807, 2.05) is 0 Å². The minimum absolute atomic E-state index is 0.132. The lowest BCUT2D eigenvalue weighted by atomic mass is 9.76. The maximum atomic E-state index is 10.0. The summed E-state index contributed by atoms with van der Waals surface area (Å²) < 4.78 is 5.56. The Labute approximate surface area is 92.2 Å². The molecule has 2 N–H and O–H groups in total. The van der Waals surface area contributed by atoms with Crippen molar-refractivity contribution in [2.24, 2.45) is 11.8 Å². The molecule has 0 radical (unpaired) electrons. The summed E-state index contributed by atoms with van der Waals surface area (Å²) in [5.74, 6) is 1.13. The molecule has 5 unspecified atom stereocenters. The van der Waals surface area contributed by atoms with Gasteiger partial charge in [0.1, 0.15) is 0 Å². The van der Waals surface area contributed by atoms with Gasteiger partial charge in [-0.3, -0.25) is 0 Å². The largest absolute Gasteiger partial charge is 0.393 e. The van der Waals surface area contributed by atoms with E-state index >= 15 is 0 Å². The predicted octanol–water partition coefficient (Wildman–Crippen LogP) is 1.16. The van der Waals surface area contributed by atoms with Crippen LogP contribution in [0.25, 0.3) is 0 Å². The lowest BCUT2D eigenvalue weighted by molar-refractivity contribution is -0.0263. The molecule has 88 valence electrons. The SMILES string of the molecule is CC1CCC(O)C(C2COCC(C)N2)C1. The van der Waals surface area contributed by atoms with Gasteiger partial charge in [-0.25, -0.2) is 0 Å². The van der Waals surface area contributed by atoms with Crippen molar-refractivity contribution in [1.82, 2.24) is 5.32 Å². The van der Waals surface area contributed by atoms with Gasteiger partial charge in [-0.05, 0) is 32.1 Å². The maximum Gasteiger partial charge on any atom is 0.0624 e. The molecule has 2 fully saturated rings. The molecule has 1 saturated carbocycles. The van der Waals surface area contributed by atoms with Crippen LogP contribution in [0.5, 0.6) is 0 Å². The minimum Gasteiger partial charge on any atom is -0.393 e. The molecule has 0 amide bonds. The molecule has 1 saturated heterocycles. The van der Waals surface area contributed by atoms with E-state index in [1.54, 1.807) is 0 Å². The first kappa shape index (κ1) is 11.4. The second-order valence-corrected chi connectivity index (χ2v) is 5.36. The van der Waals surface area contributed by atoms with Crippen LogP contribution in [0.4, 0.5) is 0 Å². The van der Waals surface area contributed by atoms with Crippen LogP contribution in [-0.4, -0.2) is 36.5 Å². The zero-order valence-electron chi connectivity index (χ0n) is 9.78. The van der Waals surface area contributed by atoms with E-state index in [-0.39, 0.29) is 6.10 Å². The van der Waals surface area contributed by atoms with E-state index in [2.05, 4.69) is 19.2 Å². The Morgan fingerprint density at radius 1 is 1.20 bits per heavy atom. The number of aliphatic hydroxyl groups is 1. The van der Waals surface area contributed by atoms with Crippen LogP contribution < -0.4 is 5.32 Å². The smallest absolute Gasteiger partial charge is 0.0624 e. The first-order valence-electron chi connectivity index (χ1n) is 6.18. The number of hydrogen-bond acceptors (Lipinski definition) is 3. The van der Waals surface area contributed by atoms with Crippen molar-refractivity contribution in [2.75, 3.05) is 13.2 Å². The highest BCUT2D eigenvalue weighted by atomic mass is 16.5. The molecule has 1 aliphatic heterocycles. The van der Waals surface area contributed by atoms with Gasteiger partial charge in [0.2, 0.25) is 0 Å². The van der Waals surface area contributed by atoms with Crippen LogP contribution in [0.15, 0.2) is 0 Å². The zero-order chi connectivity index (χ0) is 10.8. The Balaban J connectivity index is 1.94. The lowest BCUT2D eigenvalue weighted by Gasteiger charge is -2.40. The molecule has 3 nitrogen and oxygen atoms in total. The topological polar surface area (TPSA) is 41.5 Å². The summed E-state index contributed by atoms with van der Waals surface area (Å²) >= 11 is 0. The van der Waals surface area contributed by atoms with Gasteiger partial charge in [0.15, 0.2) is 0 Å². The van der Waals surface area contributed by atoms with Crippen molar-refractivity contribution in [1.29, 1.82) is 0 Å². The highest BCUT2D eigenvalue weighted by molar-refractivity contribution is 4.89. The molecule has 2 rings (SSSR count). The highest BCUT2D eigenvalue weighted by Crippen LogP contribution is 2.32. The Bertz CT molecular complexity index is 210. The van der Waals surface area contributed by atoms with Crippen molar-refractivity contribution in [2.45, 2.75) is 51.3 Å². The molecule has 0 spiro atoms. The molecule has 0 aromatic rings. The van der Waals surface area contributed by atoms with Crippen molar-refractivity contribution in [3.05, 3.63) is 0 Å². The summed E-state index contributed by atoms with van der Waals surface area (Å²) in [4.78, 5) is 0. The number of hydrogen-bond donors (Lipinski definition) is 2. The van der Waals surface area contributed by atoms with Crippen LogP contribution >= 0.6 is 0 Å². The summed E-state index contributed by atoms with van der Waals surface area (Å²) in [5, 5.41) is 13.6. The van der Waals surface area contributed by atoms with Crippen LogP contribution in [0.3, 0.4) is 0 Å². The van der Waals surface area contributed by atoms with E-state index in [1.165, 1.54) is 6.42 Å². The fraction of sp³-hybridized carbons (Fsp3) is 1.00. The summed E-state index contributed by atoms with van der Waals surface area (Å²) in [6.07, 6.45) is 3.13. The van der Waals surface area contributed by atoms with Crippen molar-refractivity contribution < 1.29 is 9.84 Å². The van der Waals surface area contributed by atoms with E-state index < -0.39 is 0 Å². The minimum atomic E-state index is -0.132. The maximum absolute atomic E-state index is 10.0. The van der Waals surface area contributed by atoms with Gasteiger partial charge in [0.05, 0.1) is 19.3 Å². The van der Waals surface area contributed by atoms with Crippen molar-refractivity contribution in [3.8, 4) is 0 Å². The lowest BCUT2D eigenvalue weighted by Crippen LogP contribution is -2.54. The Hall–Kier alpha value is -0.120. The fourth-order valence-electron chi connectivity index (χ4n) is 2.92. The fourth-order valence-corrected chi connectivity index (χ4v) is 2.92. The van der Waals surface area contributed by atoms with Crippen LogP contribution in [0, 0.1) is 11.8 Å². The molecule has 0 aromatic carbocycles. The molecule has 2 aliphatic rings. The van der Waals surface area contributed by atoms with Gasteiger partial charge < -0.3 is 15.2 Å². The molecule has 0 aromatic heterocycles. The standard InChI is InChI=1S/C12H23NO2/c1-8-3-4-12(14)10(5-8)11-7-15-6-9(2)13-11/h8-14H,3-7H2,1-2H3. The third-order valence-corrected chi connectivity index (χ3v) is 3.80. The van der Waals surface area contributed by atoms with Crippen molar-refractivity contribution in [3.63, 3.8) is 0 Å². The summed E-state index contributed by atoms with van der Waals surface area (Å²) in [6.45, 7) is 5.99. The number of ether oxygens (including phenoxy) is 1. The van der Waals surface area contributed by atoms with Gasteiger partial charge in [0, 0.05) is 18.0 Å². The third kappa shape index (κ3) is 2.71. The first-order chi connectivity index (χ1) is 7.16. The third-order valence-electron chi connectivity index (χ3n) is 3.80. The highest BCUT2D eigenvalue weighted by Gasteiger charge is 2.35. The molecule has 0 bridgehead atoms. The Morgan fingerprint density at radius 3 is 2.73 bits per heavy atom. The van der Waals surface area contributed by atoms with Crippen LogP contribution in [0.1, 0.15) is 33.1 Å². The van der Waals surface area contributed by atoms with Gasteiger partial charge in [0.25, 0.3) is 0 Å². The van der Waals surface area contributed by atoms with E-state index in [9.17, 15) is 5.11 Å². The normalized spacial score (nSPS) is 47.8. The Morgan fingerprint density at radius 2 is 2.00 bits per heavy atom. The second kappa shape index (κ2) is 4.81. The monoisotopic (exact) mass is 213 g/mol. The van der Waals surface area contributed by atoms with Crippen LogP contribution in [0.2, 0.25) is 0 Å². The summed E-state index contributed by atoms with van der Waals surface area (Å²) in [5.41, 5.74) is 0. The molecule has 15 heavy (non-hydrogen) atoms. The van der Waals surface area contributed by atoms with Gasteiger partial charge in [-0.1, -0.05) is 6.92 Å². The molecular weight excluding hydrogens is 190 g/mol. The number of nitrogens with one attached hydrogen (secondary N) is 1. The first-order valence-corrected chi connectivity index (χ1v) is 6.18. The zero-order valence-corrected chi connectivity index (χ0v) is 9.78. The van der Waals surface area contributed by atoms with E-state index in [0.717, 1.165) is 32.0 Å². The van der Waals surface area contributed by atoms with Crippen LogP contribution in [-0.2, 0) is 4.74 Å². The second-order valence-electron chi connectivity index (χ2n) is 5.36. The number of aliphatic hydroxyl groups excluding tert-OH is 1. The molecule has 5 atom stereocenters. The molecule has 3 heteroatoms. The molecule has 1 aliphatic carbocycles. The summed E-state index contributed by atoms with van der Waals surface area (Å²) in [7, 11) is 0. The average Bonchev–Trinajstić information content (AvgIpc) is 2.22. The molecular formula is C12H23NO2.